The number of aromatic nitrogens is 2. The number of halogens is 2. The number of benzene rings is 2. The van der Waals surface area contributed by atoms with Gasteiger partial charge in [0.25, 0.3) is 0 Å². The van der Waals surface area contributed by atoms with Crippen LogP contribution in [0.25, 0.3) is 17.5 Å². The Bertz CT molecular complexity index is 1080. The number of hydrogen-bond acceptors (Lipinski definition) is 4. The first-order valence-corrected chi connectivity index (χ1v) is 9.98. The van der Waals surface area contributed by atoms with Gasteiger partial charge in [0.05, 0.1) is 5.02 Å². The smallest absolute Gasteiger partial charge is 0.325 e. The van der Waals surface area contributed by atoms with Gasteiger partial charge in [-0.1, -0.05) is 59.5 Å². The number of anilines is 1. The van der Waals surface area contributed by atoms with Gasteiger partial charge in [-0.05, 0) is 42.2 Å². The van der Waals surface area contributed by atoms with Crippen LogP contribution in [0.15, 0.2) is 58.5 Å². The van der Waals surface area contributed by atoms with Crippen molar-refractivity contribution in [2.75, 3.05) is 18.4 Å². The normalized spacial score (nSPS) is 17.9. The highest BCUT2D eigenvalue weighted by Crippen LogP contribution is 2.27. The largest absolute Gasteiger partial charge is 0.403 e. The molecular weight excluding hydrogens is 407 g/mol. The zero-order chi connectivity index (χ0) is 21.1. The summed E-state index contributed by atoms with van der Waals surface area (Å²) < 4.78 is 18.9. The van der Waals surface area contributed by atoms with E-state index in [1.54, 1.807) is 17.0 Å². The molecule has 2 heterocycles. The lowest BCUT2D eigenvalue weighted by Crippen LogP contribution is -2.42. The Morgan fingerprint density at radius 1 is 1.27 bits per heavy atom. The van der Waals surface area contributed by atoms with Crippen LogP contribution in [0.2, 0.25) is 5.02 Å². The molecule has 3 aromatic rings. The zero-order valence-corrected chi connectivity index (χ0v) is 17.1. The average Bonchev–Trinajstić information content (AvgIpc) is 3.21. The van der Waals surface area contributed by atoms with E-state index in [-0.39, 0.29) is 23.0 Å². The SMILES string of the molecule is CC1CN(C(=O)Nc2nnc(-c3ccccc3)o2)CC/C1=C\c1ccc(F)c(Cl)c1. The summed E-state index contributed by atoms with van der Waals surface area (Å²) in [6, 6.07) is 13.8. The molecule has 1 unspecified atom stereocenters. The van der Waals surface area contributed by atoms with Crippen LogP contribution in [-0.2, 0) is 0 Å². The van der Waals surface area contributed by atoms with Crippen molar-refractivity contribution in [1.82, 2.24) is 15.1 Å². The lowest BCUT2D eigenvalue weighted by molar-refractivity contribution is 0.197. The van der Waals surface area contributed by atoms with E-state index in [1.807, 2.05) is 36.4 Å². The number of likely N-dealkylation sites (tertiary alicyclic amines) is 1. The average molecular weight is 427 g/mol. The third-order valence-electron chi connectivity index (χ3n) is 5.04. The Hall–Kier alpha value is -3.19. The van der Waals surface area contributed by atoms with Gasteiger partial charge in [-0.2, -0.15) is 0 Å². The Kier molecular flexibility index (Phi) is 5.81. The first-order valence-electron chi connectivity index (χ1n) is 9.60. The molecule has 154 valence electrons. The molecular formula is C22H20ClFN4O2. The molecule has 0 spiro atoms. The van der Waals surface area contributed by atoms with E-state index in [4.69, 9.17) is 16.0 Å². The molecule has 0 bridgehead atoms. The summed E-state index contributed by atoms with van der Waals surface area (Å²) in [6.07, 6.45) is 2.72. The lowest BCUT2D eigenvalue weighted by Gasteiger charge is -2.32. The number of rotatable bonds is 3. The minimum absolute atomic E-state index is 0.0637. The Labute approximate surface area is 178 Å². The van der Waals surface area contributed by atoms with Crippen molar-refractivity contribution >= 4 is 29.7 Å². The summed E-state index contributed by atoms with van der Waals surface area (Å²) in [7, 11) is 0. The number of piperidine rings is 1. The van der Waals surface area contributed by atoms with Gasteiger partial charge in [0, 0.05) is 18.7 Å². The second-order valence-electron chi connectivity index (χ2n) is 7.20. The molecule has 0 saturated carbocycles. The molecule has 0 radical (unpaired) electrons. The van der Waals surface area contributed by atoms with E-state index >= 15 is 0 Å². The van der Waals surface area contributed by atoms with E-state index in [2.05, 4.69) is 22.4 Å². The van der Waals surface area contributed by atoms with Crippen LogP contribution in [-0.4, -0.2) is 34.2 Å². The van der Waals surface area contributed by atoms with E-state index in [0.29, 0.717) is 25.4 Å². The predicted octanol–water partition coefficient (Wildman–Crippen LogP) is 5.49. The number of amides is 2. The van der Waals surface area contributed by atoms with Crippen LogP contribution >= 0.6 is 11.6 Å². The Morgan fingerprint density at radius 3 is 2.80 bits per heavy atom. The second-order valence-corrected chi connectivity index (χ2v) is 7.61. The van der Waals surface area contributed by atoms with Gasteiger partial charge in [-0.15, -0.1) is 5.10 Å². The molecule has 2 amide bonds. The zero-order valence-electron chi connectivity index (χ0n) is 16.3. The molecule has 1 atom stereocenters. The fraction of sp³-hybridized carbons (Fsp3) is 0.227. The summed E-state index contributed by atoms with van der Waals surface area (Å²) in [4.78, 5) is 14.3. The van der Waals surface area contributed by atoms with Crippen LogP contribution in [0.1, 0.15) is 18.9 Å². The lowest BCUT2D eigenvalue weighted by atomic mass is 9.91. The summed E-state index contributed by atoms with van der Waals surface area (Å²) in [5.41, 5.74) is 2.82. The number of carbonyl (C=O) groups excluding carboxylic acids is 1. The van der Waals surface area contributed by atoms with Crippen LogP contribution in [0.5, 0.6) is 0 Å². The molecule has 30 heavy (non-hydrogen) atoms. The van der Waals surface area contributed by atoms with E-state index < -0.39 is 5.82 Å². The topological polar surface area (TPSA) is 71.3 Å². The van der Waals surface area contributed by atoms with E-state index in [1.165, 1.54) is 11.6 Å². The predicted molar refractivity (Wildman–Crippen MR) is 113 cm³/mol. The van der Waals surface area contributed by atoms with Crippen LogP contribution in [0.3, 0.4) is 0 Å². The Morgan fingerprint density at radius 2 is 2.07 bits per heavy atom. The van der Waals surface area contributed by atoms with Gasteiger partial charge >= 0.3 is 12.0 Å². The molecule has 1 aromatic heterocycles. The molecule has 4 rings (SSSR count). The fourth-order valence-electron chi connectivity index (χ4n) is 3.41. The minimum atomic E-state index is -0.435. The minimum Gasteiger partial charge on any atom is -0.403 e. The van der Waals surface area contributed by atoms with Gasteiger partial charge in [-0.25, -0.2) is 9.18 Å². The van der Waals surface area contributed by atoms with Gasteiger partial charge in [0.1, 0.15) is 5.82 Å². The molecule has 8 heteroatoms. The molecule has 0 aliphatic carbocycles. The molecule has 1 N–H and O–H groups in total. The van der Waals surface area contributed by atoms with Gasteiger partial charge in [0.15, 0.2) is 0 Å². The van der Waals surface area contributed by atoms with Gasteiger partial charge < -0.3 is 9.32 Å². The van der Waals surface area contributed by atoms with Gasteiger partial charge in [0.2, 0.25) is 5.89 Å². The maximum Gasteiger partial charge on any atom is 0.325 e. The number of urea groups is 1. The summed E-state index contributed by atoms with van der Waals surface area (Å²) >= 11 is 5.87. The molecule has 1 aliphatic heterocycles. The quantitative estimate of drug-likeness (QED) is 0.601. The molecule has 1 aliphatic rings. The van der Waals surface area contributed by atoms with Crippen LogP contribution in [0.4, 0.5) is 15.2 Å². The van der Waals surface area contributed by atoms with Crippen molar-refractivity contribution < 1.29 is 13.6 Å². The van der Waals surface area contributed by atoms with Crippen molar-refractivity contribution in [1.29, 1.82) is 0 Å². The van der Waals surface area contributed by atoms with Gasteiger partial charge in [-0.3, -0.25) is 5.32 Å². The monoisotopic (exact) mass is 426 g/mol. The Balaban J connectivity index is 1.38. The number of nitrogens with zero attached hydrogens (tertiary/aromatic N) is 3. The van der Waals surface area contributed by atoms with Crippen molar-refractivity contribution in [3.8, 4) is 11.5 Å². The summed E-state index contributed by atoms with van der Waals surface area (Å²) in [5, 5.41) is 10.6. The molecule has 2 aromatic carbocycles. The summed E-state index contributed by atoms with van der Waals surface area (Å²) in [5.74, 6) is 0.0618. The maximum absolute atomic E-state index is 13.4. The van der Waals surface area contributed by atoms with Crippen LogP contribution < -0.4 is 5.32 Å². The number of hydrogen-bond donors (Lipinski definition) is 1. The molecule has 1 saturated heterocycles. The maximum atomic E-state index is 13.4. The standard InChI is InChI=1S/C22H20ClFN4O2/c1-14-13-28(10-9-17(14)11-15-7-8-19(24)18(23)12-15)22(29)25-21-27-26-20(30-21)16-5-3-2-4-6-16/h2-8,11-12,14H,9-10,13H2,1H3,(H,25,27,29)/b17-11+. The molecule has 6 nitrogen and oxygen atoms in total. The number of carbonyl (C=O) groups is 1. The highest BCUT2D eigenvalue weighted by molar-refractivity contribution is 6.30. The van der Waals surface area contributed by atoms with Crippen molar-refractivity contribution in [2.24, 2.45) is 5.92 Å². The first-order chi connectivity index (χ1) is 14.5. The van der Waals surface area contributed by atoms with E-state index in [0.717, 1.165) is 11.1 Å². The highest BCUT2D eigenvalue weighted by Gasteiger charge is 2.25. The molecule has 1 fully saturated rings. The highest BCUT2D eigenvalue weighted by atomic mass is 35.5. The number of nitrogens with one attached hydrogen (secondary N) is 1. The first kappa shape index (κ1) is 20.1. The van der Waals surface area contributed by atoms with Crippen molar-refractivity contribution in [3.63, 3.8) is 0 Å². The summed E-state index contributed by atoms with van der Waals surface area (Å²) in [6.45, 7) is 3.15. The van der Waals surface area contributed by atoms with Crippen molar-refractivity contribution in [2.45, 2.75) is 13.3 Å². The van der Waals surface area contributed by atoms with Crippen molar-refractivity contribution in [3.05, 3.63) is 70.5 Å². The third kappa shape index (κ3) is 4.52. The van der Waals surface area contributed by atoms with E-state index in [9.17, 15) is 9.18 Å². The van der Waals surface area contributed by atoms with Crippen LogP contribution in [0, 0.1) is 11.7 Å². The third-order valence-corrected chi connectivity index (χ3v) is 5.33. The second kappa shape index (κ2) is 8.67. The fourth-order valence-corrected chi connectivity index (χ4v) is 3.60.